The molecule has 36 heavy (non-hydrogen) atoms. The normalized spacial score (nSPS) is 10.7. The second-order valence-corrected chi connectivity index (χ2v) is 9.84. The van der Waals surface area contributed by atoms with E-state index in [1.54, 1.807) is 18.2 Å². The number of amides is 2. The van der Waals surface area contributed by atoms with Crippen LogP contribution in [0.5, 0.6) is 0 Å². The molecule has 0 aliphatic rings. The minimum Gasteiger partial charge on any atom is -0.477 e. The Balaban J connectivity index is 1.46. The Morgan fingerprint density at radius 2 is 1.81 bits per heavy atom. The number of nitrogens with one attached hydrogen (secondary N) is 2. The molecule has 0 saturated carbocycles. The quantitative estimate of drug-likeness (QED) is 0.162. The fourth-order valence-electron chi connectivity index (χ4n) is 3.39. The number of anilines is 2. The van der Waals surface area contributed by atoms with Crippen LogP contribution in [0.1, 0.15) is 26.3 Å². The SMILES string of the molecule is Cc1cccc(NC(=O)CSc2nc3ccc(NC(=O)c4cccc([N+](=O)[O-])c4C(=O)O)cc3s2)c1. The molecule has 4 aromatic rings. The maximum Gasteiger partial charge on any atom is 0.343 e. The number of carboxylic acid groups (broad SMARTS) is 1. The monoisotopic (exact) mass is 522 g/mol. The number of nitrogens with zero attached hydrogens (tertiary/aromatic N) is 2. The number of rotatable bonds is 8. The summed E-state index contributed by atoms with van der Waals surface area (Å²) in [5.41, 5.74) is 1.13. The fraction of sp³-hybridized carbons (Fsp3) is 0.0833. The molecule has 10 nitrogen and oxygen atoms in total. The van der Waals surface area contributed by atoms with Crippen molar-refractivity contribution in [3.8, 4) is 0 Å². The van der Waals surface area contributed by atoms with Crippen molar-refractivity contribution in [2.45, 2.75) is 11.3 Å². The summed E-state index contributed by atoms with van der Waals surface area (Å²) in [5.74, 6) is -2.35. The zero-order valence-corrected chi connectivity index (χ0v) is 20.3. The molecule has 0 aliphatic heterocycles. The average molecular weight is 523 g/mol. The number of aryl methyl sites for hydroxylation is 1. The molecule has 0 spiro atoms. The lowest BCUT2D eigenvalue weighted by Crippen LogP contribution is -2.17. The number of aromatic nitrogens is 1. The second kappa shape index (κ2) is 10.5. The van der Waals surface area contributed by atoms with Gasteiger partial charge in [0.15, 0.2) is 4.34 Å². The average Bonchev–Trinajstić information content (AvgIpc) is 3.24. The van der Waals surface area contributed by atoms with Crippen molar-refractivity contribution in [1.29, 1.82) is 0 Å². The summed E-state index contributed by atoms with van der Waals surface area (Å²) in [4.78, 5) is 51.4. The molecule has 4 rings (SSSR count). The molecule has 0 radical (unpaired) electrons. The Morgan fingerprint density at radius 3 is 2.53 bits per heavy atom. The molecule has 0 aliphatic carbocycles. The van der Waals surface area contributed by atoms with Crippen LogP contribution in [0, 0.1) is 17.0 Å². The molecule has 182 valence electrons. The third kappa shape index (κ3) is 5.67. The van der Waals surface area contributed by atoms with Gasteiger partial charge in [-0.15, -0.1) is 11.3 Å². The van der Waals surface area contributed by atoms with Crippen molar-refractivity contribution < 1.29 is 24.4 Å². The van der Waals surface area contributed by atoms with Crippen LogP contribution in [0.3, 0.4) is 0 Å². The predicted molar refractivity (Wildman–Crippen MR) is 138 cm³/mol. The Morgan fingerprint density at radius 1 is 1.06 bits per heavy atom. The molecule has 0 saturated heterocycles. The summed E-state index contributed by atoms with van der Waals surface area (Å²) in [5, 5.41) is 26.0. The number of nitro groups is 1. The van der Waals surface area contributed by atoms with E-state index in [-0.39, 0.29) is 17.2 Å². The maximum absolute atomic E-state index is 12.7. The second-order valence-electron chi connectivity index (χ2n) is 7.58. The van der Waals surface area contributed by atoms with E-state index in [1.807, 2.05) is 31.2 Å². The molecule has 3 N–H and O–H groups in total. The summed E-state index contributed by atoms with van der Waals surface area (Å²) in [6.07, 6.45) is 0. The number of carbonyl (C=O) groups is 3. The van der Waals surface area contributed by atoms with Gasteiger partial charge in [0.1, 0.15) is 5.56 Å². The molecule has 0 fully saturated rings. The Bertz CT molecular complexity index is 1520. The zero-order chi connectivity index (χ0) is 25.8. The Labute approximate surface area is 212 Å². The number of hydrogen-bond donors (Lipinski definition) is 3. The maximum atomic E-state index is 12.7. The number of carboxylic acids is 1. The summed E-state index contributed by atoms with van der Waals surface area (Å²) in [7, 11) is 0. The van der Waals surface area contributed by atoms with E-state index in [9.17, 15) is 29.6 Å². The molecule has 2 amide bonds. The molecule has 0 atom stereocenters. The first-order valence-electron chi connectivity index (χ1n) is 10.4. The van der Waals surface area contributed by atoms with Crippen molar-refractivity contribution >= 4 is 68.2 Å². The summed E-state index contributed by atoms with van der Waals surface area (Å²) in [6.45, 7) is 1.94. The number of carbonyl (C=O) groups excluding carboxylic acids is 2. The van der Waals surface area contributed by atoms with Gasteiger partial charge in [-0.2, -0.15) is 0 Å². The first-order chi connectivity index (χ1) is 17.2. The van der Waals surface area contributed by atoms with Crippen LogP contribution in [-0.2, 0) is 4.79 Å². The summed E-state index contributed by atoms with van der Waals surface area (Å²) in [6, 6.07) is 15.9. The van der Waals surface area contributed by atoms with Crippen LogP contribution in [0.15, 0.2) is 65.0 Å². The van der Waals surface area contributed by atoms with Gasteiger partial charge in [-0.3, -0.25) is 19.7 Å². The molecule has 1 aromatic heterocycles. The Kier molecular flexibility index (Phi) is 7.27. The van der Waals surface area contributed by atoms with Crippen molar-refractivity contribution in [2.24, 2.45) is 0 Å². The van der Waals surface area contributed by atoms with Gasteiger partial charge in [0.05, 0.1) is 26.5 Å². The highest BCUT2D eigenvalue weighted by Gasteiger charge is 2.27. The number of aromatic carboxylic acids is 1. The summed E-state index contributed by atoms with van der Waals surface area (Å²) >= 11 is 2.62. The van der Waals surface area contributed by atoms with Gasteiger partial charge in [0.25, 0.3) is 11.6 Å². The lowest BCUT2D eigenvalue weighted by atomic mass is 10.0. The van der Waals surface area contributed by atoms with E-state index >= 15 is 0 Å². The highest BCUT2D eigenvalue weighted by Crippen LogP contribution is 2.32. The van der Waals surface area contributed by atoms with Gasteiger partial charge >= 0.3 is 5.97 Å². The van der Waals surface area contributed by atoms with Gasteiger partial charge in [-0.1, -0.05) is 30.0 Å². The van der Waals surface area contributed by atoms with E-state index in [2.05, 4.69) is 15.6 Å². The highest BCUT2D eigenvalue weighted by atomic mass is 32.2. The van der Waals surface area contributed by atoms with E-state index in [1.165, 1.54) is 35.2 Å². The fourth-order valence-corrected chi connectivity index (χ4v) is 5.30. The molecule has 0 bridgehead atoms. The first-order valence-corrected chi connectivity index (χ1v) is 12.2. The topological polar surface area (TPSA) is 152 Å². The van der Waals surface area contributed by atoms with E-state index in [4.69, 9.17) is 0 Å². The molecule has 0 unspecified atom stereocenters. The largest absolute Gasteiger partial charge is 0.477 e. The van der Waals surface area contributed by atoms with Crippen molar-refractivity contribution in [3.05, 3.63) is 87.5 Å². The third-order valence-electron chi connectivity index (χ3n) is 4.95. The number of nitro benzene ring substituents is 1. The van der Waals surface area contributed by atoms with Crippen LogP contribution < -0.4 is 10.6 Å². The van der Waals surface area contributed by atoms with Crippen molar-refractivity contribution in [2.75, 3.05) is 16.4 Å². The lowest BCUT2D eigenvalue weighted by molar-refractivity contribution is -0.385. The number of thiazole rings is 1. The van der Waals surface area contributed by atoms with Gasteiger partial charge in [0, 0.05) is 17.4 Å². The van der Waals surface area contributed by atoms with Crippen LogP contribution in [-0.4, -0.2) is 38.6 Å². The van der Waals surface area contributed by atoms with Crippen LogP contribution in [0.4, 0.5) is 17.1 Å². The minimum absolute atomic E-state index is 0.163. The lowest BCUT2D eigenvalue weighted by Gasteiger charge is -2.08. The number of benzene rings is 3. The summed E-state index contributed by atoms with van der Waals surface area (Å²) < 4.78 is 1.41. The van der Waals surface area contributed by atoms with Gasteiger partial charge in [0.2, 0.25) is 5.91 Å². The van der Waals surface area contributed by atoms with Crippen LogP contribution >= 0.6 is 23.1 Å². The van der Waals surface area contributed by atoms with Crippen LogP contribution in [0.25, 0.3) is 10.2 Å². The third-order valence-corrected chi connectivity index (χ3v) is 7.11. The zero-order valence-electron chi connectivity index (χ0n) is 18.7. The first kappa shape index (κ1) is 24.8. The van der Waals surface area contributed by atoms with Crippen molar-refractivity contribution in [1.82, 2.24) is 4.98 Å². The predicted octanol–water partition coefficient (Wildman–Crippen LogP) is 5.19. The van der Waals surface area contributed by atoms with E-state index < -0.39 is 28.1 Å². The van der Waals surface area contributed by atoms with Crippen molar-refractivity contribution in [3.63, 3.8) is 0 Å². The van der Waals surface area contributed by atoms with E-state index in [0.717, 1.165) is 22.0 Å². The number of thioether (sulfide) groups is 1. The standard InChI is InChI=1S/C24H18N4O6S2/c1-13-4-2-5-14(10-13)25-20(29)12-35-24-27-17-9-8-15(11-19(17)36-24)26-22(30)16-6-3-7-18(28(33)34)21(16)23(31)32/h2-11H,12H2,1H3,(H,25,29)(H,26,30)(H,31,32). The molecule has 3 aromatic carbocycles. The van der Waals surface area contributed by atoms with Crippen LogP contribution in [0.2, 0.25) is 0 Å². The Hall–Kier alpha value is -4.29. The minimum atomic E-state index is -1.57. The van der Waals surface area contributed by atoms with Gasteiger partial charge in [-0.25, -0.2) is 9.78 Å². The smallest absolute Gasteiger partial charge is 0.343 e. The molecule has 12 heteroatoms. The molecular formula is C24H18N4O6S2. The molecular weight excluding hydrogens is 504 g/mol. The van der Waals surface area contributed by atoms with E-state index in [0.29, 0.717) is 15.5 Å². The van der Waals surface area contributed by atoms with Gasteiger partial charge in [-0.05, 0) is 48.9 Å². The van der Waals surface area contributed by atoms with Gasteiger partial charge < -0.3 is 15.7 Å². The number of fused-ring (bicyclic) bond motifs is 1. The molecule has 1 heterocycles. The highest BCUT2D eigenvalue weighted by molar-refractivity contribution is 8.01. The number of hydrogen-bond acceptors (Lipinski definition) is 8.